The lowest BCUT2D eigenvalue weighted by molar-refractivity contribution is 0.00295. The van der Waals surface area contributed by atoms with Gasteiger partial charge in [-0.2, -0.15) is 0 Å². The van der Waals surface area contributed by atoms with Gasteiger partial charge in [0.2, 0.25) is 0 Å². The van der Waals surface area contributed by atoms with E-state index in [1.165, 1.54) is 26.2 Å². The van der Waals surface area contributed by atoms with Crippen LogP contribution in [0.3, 0.4) is 0 Å². The van der Waals surface area contributed by atoms with E-state index in [0.29, 0.717) is 5.92 Å². The molecule has 2 N–H and O–H groups in total. The minimum Gasteiger partial charge on any atom is -0.379 e. The summed E-state index contributed by atoms with van der Waals surface area (Å²) >= 11 is 0. The quantitative estimate of drug-likeness (QED) is 0.739. The molecule has 1 rings (SSSR count). The van der Waals surface area contributed by atoms with Crippen LogP contribution in [0.2, 0.25) is 0 Å². The number of methoxy groups -OCH3 is 1. The van der Waals surface area contributed by atoms with Crippen molar-refractivity contribution in [2.75, 3.05) is 52.9 Å². The van der Waals surface area contributed by atoms with E-state index in [2.05, 4.69) is 30.6 Å². The summed E-state index contributed by atoms with van der Waals surface area (Å²) in [5.74, 6) is 0.615. The highest BCUT2D eigenvalue weighted by Gasteiger charge is 2.21. The SMILES string of the molecule is COC(C)(C)CCN1CCN(CC(C)CN)CC1. The van der Waals surface area contributed by atoms with Gasteiger partial charge in [-0.05, 0) is 32.7 Å². The molecule has 0 radical (unpaired) electrons. The first kappa shape index (κ1) is 15.9. The van der Waals surface area contributed by atoms with Crippen molar-refractivity contribution < 1.29 is 4.74 Å². The monoisotopic (exact) mass is 257 g/mol. The Morgan fingerprint density at radius 3 is 2.22 bits per heavy atom. The lowest BCUT2D eigenvalue weighted by Crippen LogP contribution is -2.49. The molecule has 0 aliphatic carbocycles. The molecule has 1 aliphatic heterocycles. The summed E-state index contributed by atoms with van der Waals surface area (Å²) in [4.78, 5) is 5.08. The Bertz CT molecular complexity index is 225. The first-order chi connectivity index (χ1) is 8.46. The third-order valence-electron chi connectivity index (χ3n) is 4.02. The van der Waals surface area contributed by atoms with E-state index in [1.54, 1.807) is 7.11 Å². The van der Waals surface area contributed by atoms with Gasteiger partial charge in [-0.3, -0.25) is 0 Å². The third-order valence-corrected chi connectivity index (χ3v) is 4.02. The zero-order valence-corrected chi connectivity index (χ0v) is 12.6. The van der Waals surface area contributed by atoms with Gasteiger partial charge in [-0.1, -0.05) is 6.92 Å². The molecule has 4 nitrogen and oxygen atoms in total. The molecule has 0 aromatic rings. The van der Waals surface area contributed by atoms with Crippen molar-refractivity contribution in [3.63, 3.8) is 0 Å². The van der Waals surface area contributed by atoms with E-state index in [9.17, 15) is 0 Å². The van der Waals surface area contributed by atoms with Crippen molar-refractivity contribution in [1.29, 1.82) is 0 Å². The van der Waals surface area contributed by atoms with Crippen LogP contribution in [0.5, 0.6) is 0 Å². The van der Waals surface area contributed by atoms with Crippen molar-refractivity contribution in [3.8, 4) is 0 Å². The second-order valence-corrected chi connectivity index (χ2v) is 6.20. The smallest absolute Gasteiger partial charge is 0.0634 e. The van der Waals surface area contributed by atoms with E-state index in [1.807, 2.05) is 0 Å². The molecule has 1 saturated heterocycles. The number of hydrogen-bond donors (Lipinski definition) is 1. The first-order valence-corrected chi connectivity index (χ1v) is 7.17. The Balaban J connectivity index is 2.19. The molecule has 0 bridgehead atoms. The van der Waals surface area contributed by atoms with Crippen molar-refractivity contribution in [1.82, 2.24) is 9.80 Å². The number of hydrogen-bond acceptors (Lipinski definition) is 4. The van der Waals surface area contributed by atoms with Crippen LogP contribution in [-0.4, -0.2) is 68.3 Å². The van der Waals surface area contributed by atoms with Crippen LogP contribution >= 0.6 is 0 Å². The average molecular weight is 257 g/mol. The normalized spacial score (nSPS) is 21.2. The summed E-state index contributed by atoms with van der Waals surface area (Å²) < 4.78 is 5.47. The minimum absolute atomic E-state index is 0.00516. The van der Waals surface area contributed by atoms with Crippen LogP contribution in [0.4, 0.5) is 0 Å². The van der Waals surface area contributed by atoms with Gasteiger partial charge in [0.05, 0.1) is 5.60 Å². The first-order valence-electron chi connectivity index (χ1n) is 7.17. The van der Waals surface area contributed by atoms with Crippen molar-refractivity contribution in [2.45, 2.75) is 32.8 Å². The molecular weight excluding hydrogens is 226 g/mol. The maximum absolute atomic E-state index is 5.68. The molecule has 4 heteroatoms. The van der Waals surface area contributed by atoms with E-state index in [-0.39, 0.29) is 5.60 Å². The molecule has 1 unspecified atom stereocenters. The summed E-state index contributed by atoms with van der Waals surface area (Å²) in [6.07, 6.45) is 1.10. The average Bonchev–Trinajstić information content (AvgIpc) is 2.38. The summed E-state index contributed by atoms with van der Waals surface area (Å²) in [5, 5.41) is 0. The van der Waals surface area contributed by atoms with Crippen LogP contribution < -0.4 is 5.73 Å². The second kappa shape index (κ2) is 7.43. The Hall–Kier alpha value is -0.160. The summed E-state index contributed by atoms with van der Waals surface area (Å²) in [5.41, 5.74) is 5.68. The molecule has 0 aromatic heterocycles. The molecule has 108 valence electrons. The van der Waals surface area contributed by atoms with E-state index in [4.69, 9.17) is 10.5 Å². The Labute approximate surface area is 112 Å². The highest BCUT2D eigenvalue weighted by molar-refractivity contribution is 4.76. The summed E-state index contributed by atoms with van der Waals surface area (Å²) in [6, 6.07) is 0. The standard InChI is InChI=1S/C14H31N3O/c1-13(11-15)12-17-9-7-16(8-10-17)6-5-14(2,3)18-4/h13H,5-12,15H2,1-4H3. The predicted molar refractivity (Wildman–Crippen MR) is 76.8 cm³/mol. The molecule has 1 atom stereocenters. The highest BCUT2D eigenvalue weighted by Crippen LogP contribution is 2.14. The molecule has 0 saturated carbocycles. The molecular formula is C14H31N3O. The van der Waals surface area contributed by atoms with Crippen molar-refractivity contribution in [3.05, 3.63) is 0 Å². The second-order valence-electron chi connectivity index (χ2n) is 6.20. The number of nitrogens with zero attached hydrogens (tertiary/aromatic N) is 2. The zero-order valence-electron chi connectivity index (χ0n) is 12.6. The molecule has 1 fully saturated rings. The fourth-order valence-electron chi connectivity index (χ4n) is 2.24. The summed E-state index contributed by atoms with van der Waals surface area (Å²) in [6.45, 7) is 14.3. The maximum Gasteiger partial charge on any atom is 0.0634 e. The van der Waals surface area contributed by atoms with Gasteiger partial charge in [0, 0.05) is 46.4 Å². The number of piperazine rings is 1. The number of rotatable bonds is 7. The lowest BCUT2D eigenvalue weighted by atomic mass is 10.0. The predicted octanol–water partition coefficient (Wildman–Crippen LogP) is 1.01. The lowest BCUT2D eigenvalue weighted by Gasteiger charge is -2.37. The van der Waals surface area contributed by atoms with Gasteiger partial charge < -0.3 is 20.3 Å². The van der Waals surface area contributed by atoms with Gasteiger partial charge in [0.15, 0.2) is 0 Å². The van der Waals surface area contributed by atoms with Gasteiger partial charge >= 0.3 is 0 Å². The third kappa shape index (κ3) is 5.65. The maximum atomic E-state index is 5.68. The fraction of sp³-hybridized carbons (Fsp3) is 1.00. The Morgan fingerprint density at radius 2 is 1.72 bits per heavy atom. The van der Waals surface area contributed by atoms with E-state index >= 15 is 0 Å². The molecule has 0 spiro atoms. The van der Waals surface area contributed by atoms with Gasteiger partial charge in [-0.25, -0.2) is 0 Å². The van der Waals surface area contributed by atoms with E-state index < -0.39 is 0 Å². The van der Waals surface area contributed by atoms with Gasteiger partial charge in [0.25, 0.3) is 0 Å². The minimum atomic E-state index is 0.00516. The molecule has 1 heterocycles. The topological polar surface area (TPSA) is 41.7 Å². The highest BCUT2D eigenvalue weighted by atomic mass is 16.5. The van der Waals surface area contributed by atoms with Crippen LogP contribution in [0, 0.1) is 5.92 Å². The number of nitrogens with two attached hydrogens (primary N) is 1. The van der Waals surface area contributed by atoms with Crippen LogP contribution in [0.15, 0.2) is 0 Å². The zero-order chi connectivity index (χ0) is 13.6. The van der Waals surface area contributed by atoms with Crippen LogP contribution in [-0.2, 0) is 4.74 Å². The van der Waals surface area contributed by atoms with E-state index in [0.717, 1.165) is 26.1 Å². The van der Waals surface area contributed by atoms with Crippen molar-refractivity contribution >= 4 is 0 Å². The molecule has 1 aliphatic rings. The van der Waals surface area contributed by atoms with Gasteiger partial charge in [0.1, 0.15) is 0 Å². The Morgan fingerprint density at radius 1 is 1.17 bits per heavy atom. The Kier molecular flexibility index (Phi) is 6.57. The largest absolute Gasteiger partial charge is 0.379 e. The van der Waals surface area contributed by atoms with Gasteiger partial charge in [-0.15, -0.1) is 0 Å². The summed E-state index contributed by atoms with van der Waals surface area (Å²) in [7, 11) is 1.80. The van der Waals surface area contributed by atoms with Crippen molar-refractivity contribution in [2.24, 2.45) is 11.7 Å². The molecule has 0 aromatic carbocycles. The number of ether oxygens (including phenoxy) is 1. The molecule has 18 heavy (non-hydrogen) atoms. The van der Waals surface area contributed by atoms with Crippen LogP contribution in [0.25, 0.3) is 0 Å². The molecule has 0 amide bonds. The van der Waals surface area contributed by atoms with Crippen LogP contribution in [0.1, 0.15) is 27.2 Å². The fourth-order valence-corrected chi connectivity index (χ4v) is 2.24.